The zero-order valence-corrected chi connectivity index (χ0v) is 7.45. The highest BCUT2D eigenvalue weighted by atomic mass is 16.5. The van der Waals surface area contributed by atoms with Crippen molar-refractivity contribution >= 4 is 5.91 Å². The number of hydrogen-bond donors (Lipinski definition) is 2. The van der Waals surface area contributed by atoms with Crippen LogP contribution >= 0.6 is 0 Å². The molecule has 72 valence electrons. The summed E-state index contributed by atoms with van der Waals surface area (Å²) in [6.07, 6.45) is 1.19. The fraction of sp³-hybridized carbons (Fsp3) is 0.889. The molecule has 0 radical (unpaired) electrons. The van der Waals surface area contributed by atoms with Gasteiger partial charge in [0.15, 0.2) is 0 Å². The Bertz CT molecular complexity index is 226. The first-order valence-electron chi connectivity index (χ1n) is 4.96. The first-order valence-corrected chi connectivity index (χ1v) is 4.96. The van der Waals surface area contributed by atoms with Crippen LogP contribution in [0.5, 0.6) is 0 Å². The lowest BCUT2D eigenvalue weighted by atomic mass is 9.73. The van der Waals surface area contributed by atoms with Gasteiger partial charge >= 0.3 is 0 Å². The third-order valence-corrected chi connectivity index (χ3v) is 3.43. The van der Waals surface area contributed by atoms with Crippen molar-refractivity contribution in [2.45, 2.75) is 18.5 Å². The number of ether oxygens (including phenoxy) is 1. The van der Waals surface area contributed by atoms with Crippen LogP contribution in [0.2, 0.25) is 0 Å². The van der Waals surface area contributed by atoms with E-state index >= 15 is 0 Å². The minimum absolute atomic E-state index is 0.236. The predicted octanol–water partition coefficient (Wildman–Crippen LogP) is -0.891. The molecule has 0 aromatic rings. The molecule has 0 aromatic carbocycles. The number of nitrogens with one attached hydrogen (secondary N) is 2. The Balaban J connectivity index is 1.56. The molecule has 3 atom stereocenters. The maximum absolute atomic E-state index is 11.7. The van der Waals surface area contributed by atoms with Gasteiger partial charge in [0, 0.05) is 6.04 Å². The van der Waals surface area contributed by atoms with Crippen LogP contribution in [0.4, 0.5) is 0 Å². The average molecular weight is 182 g/mol. The summed E-state index contributed by atoms with van der Waals surface area (Å²) >= 11 is 0. The van der Waals surface area contributed by atoms with Gasteiger partial charge in [-0.2, -0.15) is 0 Å². The highest BCUT2D eigenvalue weighted by Gasteiger charge is 2.50. The SMILES string of the molecule is O=C(NC1COC1)C1C2CNC1C2. The lowest BCUT2D eigenvalue weighted by Crippen LogP contribution is -2.55. The van der Waals surface area contributed by atoms with Crippen LogP contribution in [0.1, 0.15) is 6.42 Å². The normalized spacial score (nSPS) is 42.3. The average Bonchev–Trinajstić information content (AvgIpc) is 2.55. The zero-order valence-electron chi connectivity index (χ0n) is 7.45. The van der Waals surface area contributed by atoms with Crippen molar-refractivity contribution in [3.63, 3.8) is 0 Å². The van der Waals surface area contributed by atoms with Crippen LogP contribution in [-0.4, -0.2) is 37.7 Å². The second-order valence-corrected chi connectivity index (χ2v) is 4.28. The summed E-state index contributed by atoms with van der Waals surface area (Å²) in [4.78, 5) is 11.7. The van der Waals surface area contributed by atoms with Gasteiger partial charge in [-0.1, -0.05) is 0 Å². The third kappa shape index (κ3) is 1.09. The number of carbonyl (C=O) groups is 1. The maximum atomic E-state index is 11.7. The lowest BCUT2D eigenvalue weighted by molar-refractivity contribution is -0.133. The highest BCUT2D eigenvalue weighted by molar-refractivity contribution is 5.81. The van der Waals surface area contributed by atoms with Gasteiger partial charge < -0.3 is 15.4 Å². The molecule has 3 saturated heterocycles. The van der Waals surface area contributed by atoms with Crippen molar-refractivity contribution in [3.05, 3.63) is 0 Å². The van der Waals surface area contributed by atoms with Gasteiger partial charge in [0.05, 0.1) is 25.2 Å². The molecule has 4 fully saturated rings. The van der Waals surface area contributed by atoms with Gasteiger partial charge in [-0.15, -0.1) is 0 Å². The quantitative estimate of drug-likeness (QED) is 0.582. The monoisotopic (exact) mass is 182 g/mol. The van der Waals surface area contributed by atoms with Crippen molar-refractivity contribution in [2.75, 3.05) is 19.8 Å². The van der Waals surface area contributed by atoms with Gasteiger partial charge in [-0.05, 0) is 18.9 Å². The van der Waals surface area contributed by atoms with Crippen molar-refractivity contribution in [1.29, 1.82) is 0 Å². The summed E-state index contributed by atoms with van der Waals surface area (Å²) in [7, 11) is 0. The largest absolute Gasteiger partial charge is 0.377 e. The van der Waals surface area contributed by atoms with E-state index in [1.807, 2.05) is 0 Å². The molecule has 0 aromatic heterocycles. The lowest BCUT2D eigenvalue weighted by Gasteiger charge is -2.36. The fourth-order valence-corrected chi connectivity index (χ4v) is 2.49. The summed E-state index contributed by atoms with van der Waals surface area (Å²) in [5, 5.41) is 6.36. The summed E-state index contributed by atoms with van der Waals surface area (Å²) in [5.74, 6) is 1.09. The standard InChI is InChI=1S/C9H14N2O2/c12-9(11-6-3-13-4-6)8-5-1-7(8)10-2-5/h5-8,10H,1-4H2,(H,11,12). The van der Waals surface area contributed by atoms with Crippen molar-refractivity contribution in [1.82, 2.24) is 10.6 Å². The molecular weight excluding hydrogens is 168 g/mol. The van der Waals surface area contributed by atoms with Crippen LogP contribution in [0, 0.1) is 11.8 Å². The second kappa shape index (κ2) is 2.69. The maximum Gasteiger partial charge on any atom is 0.225 e. The van der Waals surface area contributed by atoms with Crippen LogP contribution < -0.4 is 10.6 Å². The minimum atomic E-state index is 0.236. The van der Waals surface area contributed by atoms with E-state index in [0.717, 1.165) is 6.54 Å². The van der Waals surface area contributed by atoms with E-state index in [4.69, 9.17) is 4.74 Å². The second-order valence-electron chi connectivity index (χ2n) is 4.28. The van der Waals surface area contributed by atoms with Gasteiger partial charge in [-0.25, -0.2) is 0 Å². The van der Waals surface area contributed by atoms with Crippen LogP contribution in [0.3, 0.4) is 0 Å². The van der Waals surface area contributed by atoms with E-state index in [0.29, 0.717) is 25.2 Å². The number of hydrogen-bond acceptors (Lipinski definition) is 3. The molecule has 4 nitrogen and oxygen atoms in total. The number of amides is 1. The van der Waals surface area contributed by atoms with Crippen molar-refractivity contribution in [3.8, 4) is 0 Å². The minimum Gasteiger partial charge on any atom is -0.377 e. The van der Waals surface area contributed by atoms with E-state index in [-0.39, 0.29) is 17.9 Å². The van der Waals surface area contributed by atoms with Gasteiger partial charge in [-0.3, -0.25) is 4.79 Å². The van der Waals surface area contributed by atoms with E-state index in [2.05, 4.69) is 10.6 Å². The molecule has 13 heavy (non-hydrogen) atoms. The van der Waals surface area contributed by atoms with E-state index in [1.165, 1.54) is 6.42 Å². The molecule has 0 spiro atoms. The summed E-state index contributed by atoms with van der Waals surface area (Å²) in [6, 6.07) is 0.749. The number of rotatable bonds is 2. The molecule has 4 heteroatoms. The topological polar surface area (TPSA) is 50.4 Å². The Morgan fingerprint density at radius 2 is 2.31 bits per heavy atom. The van der Waals surface area contributed by atoms with Gasteiger partial charge in [0.2, 0.25) is 5.91 Å². The van der Waals surface area contributed by atoms with E-state index in [9.17, 15) is 4.79 Å². The van der Waals surface area contributed by atoms with Gasteiger partial charge in [0.25, 0.3) is 0 Å². The molecular formula is C9H14N2O2. The summed E-state index contributed by atoms with van der Waals surface area (Å²) < 4.78 is 5.01. The smallest absolute Gasteiger partial charge is 0.225 e. The fourth-order valence-electron chi connectivity index (χ4n) is 2.49. The number of carbonyl (C=O) groups excluding carboxylic acids is 1. The molecule has 1 amide bonds. The van der Waals surface area contributed by atoms with E-state index in [1.54, 1.807) is 0 Å². The van der Waals surface area contributed by atoms with Gasteiger partial charge in [0.1, 0.15) is 0 Å². The summed E-state index contributed by atoms with van der Waals surface area (Å²) in [6.45, 7) is 2.42. The molecule has 2 bridgehead atoms. The number of fused-ring (bicyclic) bond motifs is 1. The van der Waals surface area contributed by atoms with Crippen LogP contribution in [-0.2, 0) is 9.53 Å². The van der Waals surface area contributed by atoms with Crippen molar-refractivity contribution < 1.29 is 9.53 Å². The molecule has 3 heterocycles. The van der Waals surface area contributed by atoms with Crippen LogP contribution in [0.15, 0.2) is 0 Å². The molecule has 1 saturated carbocycles. The predicted molar refractivity (Wildman–Crippen MR) is 46.1 cm³/mol. The first kappa shape index (κ1) is 7.76. The molecule has 1 aliphatic carbocycles. The van der Waals surface area contributed by atoms with E-state index < -0.39 is 0 Å². The highest BCUT2D eigenvalue weighted by Crippen LogP contribution is 2.40. The Kier molecular flexibility index (Phi) is 1.60. The zero-order chi connectivity index (χ0) is 8.84. The van der Waals surface area contributed by atoms with Crippen LogP contribution in [0.25, 0.3) is 0 Å². The Morgan fingerprint density at radius 1 is 1.46 bits per heavy atom. The Hall–Kier alpha value is -0.610. The Labute approximate surface area is 77.0 Å². The Morgan fingerprint density at radius 3 is 2.77 bits per heavy atom. The molecule has 4 aliphatic rings. The molecule has 4 rings (SSSR count). The summed E-state index contributed by atoms with van der Waals surface area (Å²) in [5.41, 5.74) is 0. The molecule has 3 aliphatic heterocycles. The molecule has 3 unspecified atom stereocenters. The molecule has 2 N–H and O–H groups in total. The third-order valence-electron chi connectivity index (χ3n) is 3.43. The first-order chi connectivity index (χ1) is 6.34. The van der Waals surface area contributed by atoms with Crippen molar-refractivity contribution in [2.24, 2.45) is 11.8 Å².